The number of carbonyl (C=O) groups is 2. The van der Waals surface area contributed by atoms with Gasteiger partial charge < -0.3 is 10.5 Å². The Bertz CT molecular complexity index is 242. The molecule has 0 aromatic heterocycles. The molecule has 0 aliphatic heterocycles. The summed E-state index contributed by atoms with van der Waals surface area (Å²) in [6, 6.07) is 0. The predicted octanol–water partition coefficient (Wildman–Crippen LogP) is 0.294. The topological polar surface area (TPSA) is 110 Å². The van der Waals surface area contributed by atoms with E-state index < -0.39 is 5.97 Å². The van der Waals surface area contributed by atoms with Gasteiger partial charge in [-0.05, 0) is 0 Å². The highest BCUT2D eigenvalue weighted by molar-refractivity contribution is 5.80. The van der Waals surface area contributed by atoms with E-state index in [0.717, 1.165) is 12.2 Å². The first kappa shape index (κ1) is 18.6. The lowest BCUT2D eigenvalue weighted by Crippen LogP contribution is -2.07. The van der Waals surface area contributed by atoms with E-state index in [1.165, 1.54) is 13.2 Å². The van der Waals surface area contributed by atoms with Gasteiger partial charge >= 0.3 is 5.97 Å². The molecule has 6 nitrogen and oxygen atoms in total. The Balaban J connectivity index is -0.000000153. The Labute approximate surface area is 87.9 Å². The number of carbonyl (C=O) groups excluding carboxylic acids is 3. The number of rotatable bonds is 3. The van der Waals surface area contributed by atoms with E-state index >= 15 is 0 Å². The van der Waals surface area contributed by atoms with E-state index in [4.69, 9.17) is 15.9 Å². The molecule has 0 atom stereocenters. The van der Waals surface area contributed by atoms with Gasteiger partial charge in [-0.2, -0.15) is 0 Å². The van der Waals surface area contributed by atoms with Gasteiger partial charge in [0.25, 0.3) is 0 Å². The van der Waals surface area contributed by atoms with E-state index in [9.17, 15) is 9.59 Å². The lowest BCUT2D eigenvalue weighted by Gasteiger charge is -1.83. The van der Waals surface area contributed by atoms with E-state index in [1.54, 1.807) is 0 Å². The average Bonchev–Trinajstić information content (AvgIpc) is 2.18. The highest BCUT2D eigenvalue weighted by Gasteiger charge is 1.82. The van der Waals surface area contributed by atoms with Crippen LogP contribution in [0.3, 0.4) is 0 Å². The van der Waals surface area contributed by atoms with Crippen LogP contribution in [-0.2, 0) is 19.1 Å². The first-order valence-corrected chi connectivity index (χ1v) is 3.63. The maximum atomic E-state index is 9.84. The number of amides is 1. The summed E-state index contributed by atoms with van der Waals surface area (Å²) in [5.41, 5.74) is 4.69. The van der Waals surface area contributed by atoms with Crippen LogP contribution in [0.25, 0.3) is 0 Å². The van der Waals surface area contributed by atoms with Gasteiger partial charge in [0.2, 0.25) is 12.0 Å². The van der Waals surface area contributed by atoms with Crippen molar-refractivity contribution in [3.05, 3.63) is 25.3 Å². The zero-order chi connectivity index (χ0) is 12.7. The van der Waals surface area contributed by atoms with Gasteiger partial charge in [-0.3, -0.25) is 4.79 Å². The lowest BCUT2D eigenvalue weighted by atomic mass is 10.4. The minimum Gasteiger partial charge on any atom is -0.466 e. The van der Waals surface area contributed by atoms with Crippen LogP contribution in [0.1, 0.15) is 6.42 Å². The van der Waals surface area contributed by atoms with Crippen molar-refractivity contribution >= 4 is 18.0 Å². The standard InChI is InChI=1S/C4H7NO.C4H6O2.CHNO/c1-2-3-4(5)6;1-3-4(5)6-2;2-1-3/h2H,1,3H2,(H2,5,6);3H,1H2,2H3;2H. The maximum absolute atomic E-state index is 9.84. The van der Waals surface area contributed by atoms with Gasteiger partial charge in [-0.1, -0.05) is 12.7 Å². The largest absolute Gasteiger partial charge is 0.466 e. The zero-order valence-corrected chi connectivity index (χ0v) is 8.49. The summed E-state index contributed by atoms with van der Waals surface area (Å²) in [6.07, 6.45) is 3.61. The Morgan fingerprint density at radius 2 is 1.93 bits per heavy atom. The van der Waals surface area contributed by atoms with Crippen molar-refractivity contribution in [3.8, 4) is 0 Å². The molecule has 3 N–H and O–H groups in total. The third kappa shape index (κ3) is 49.2. The first-order chi connectivity index (χ1) is 6.99. The van der Waals surface area contributed by atoms with E-state index in [-0.39, 0.29) is 12.3 Å². The average molecular weight is 214 g/mol. The summed E-state index contributed by atoms with van der Waals surface area (Å²) in [5.74, 6) is -0.722. The van der Waals surface area contributed by atoms with Gasteiger partial charge in [0.05, 0.1) is 7.11 Å². The van der Waals surface area contributed by atoms with Gasteiger partial charge in [-0.15, -0.1) is 6.58 Å². The number of nitrogens with two attached hydrogens (primary N) is 1. The monoisotopic (exact) mass is 214 g/mol. The molecule has 0 spiro atoms. The second kappa shape index (κ2) is 17.8. The fourth-order valence-electron chi connectivity index (χ4n) is 0.226. The van der Waals surface area contributed by atoms with Crippen molar-refractivity contribution in [2.75, 3.05) is 7.11 Å². The number of primary amides is 1. The quantitative estimate of drug-likeness (QED) is 0.231. The zero-order valence-electron chi connectivity index (χ0n) is 8.49. The molecule has 0 heterocycles. The number of isocyanates is 1. The maximum Gasteiger partial charge on any atom is 0.329 e. The van der Waals surface area contributed by atoms with Crippen molar-refractivity contribution in [1.82, 2.24) is 0 Å². The molecule has 0 saturated heterocycles. The molecule has 6 heteroatoms. The molecule has 0 saturated carbocycles. The van der Waals surface area contributed by atoms with Crippen molar-refractivity contribution in [2.45, 2.75) is 6.42 Å². The molecule has 1 amide bonds. The first-order valence-electron chi connectivity index (χ1n) is 3.63. The molecular weight excluding hydrogens is 200 g/mol. The molecule has 0 bridgehead atoms. The fraction of sp³-hybridized carbons (Fsp3) is 0.222. The highest BCUT2D eigenvalue weighted by Crippen LogP contribution is 1.71. The van der Waals surface area contributed by atoms with Gasteiger partial charge in [0.1, 0.15) is 0 Å². The molecule has 0 aromatic rings. The number of hydrogen-bond acceptors (Lipinski definition) is 5. The molecule has 0 aliphatic rings. The van der Waals surface area contributed by atoms with Crippen LogP contribution in [0.5, 0.6) is 0 Å². The molecule has 0 rings (SSSR count). The minimum atomic E-state index is -0.394. The second-order valence-electron chi connectivity index (χ2n) is 1.79. The lowest BCUT2D eigenvalue weighted by molar-refractivity contribution is -0.134. The van der Waals surface area contributed by atoms with Crippen LogP contribution in [0.15, 0.2) is 25.3 Å². The minimum absolute atomic E-state index is 0.278. The summed E-state index contributed by atoms with van der Waals surface area (Å²) < 4.78 is 4.14. The molecule has 0 aromatic carbocycles. The molecule has 0 radical (unpaired) electrons. The Morgan fingerprint density at radius 1 is 1.53 bits per heavy atom. The summed E-state index contributed by atoms with van der Waals surface area (Å²) in [5, 5.41) is 5.40. The molecule has 0 unspecified atom stereocenters. The summed E-state index contributed by atoms with van der Waals surface area (Å²) in [4.78, 5) is 27.9. The molecule has 84 valence electrons. The van der Waals surface area contributed by atoms with Gasteiger partial charge in [-0.25, -0.2) is 15.0 Å². The van der Waals surface area contributed by atoms with Crippen LogP contribution < -0.4 is 5.73 Å². The predicted molar refractivity (Wildman–Crippen MR) is 54.6 cm³/mol. The van der Waals surface area contributed by atoms with Crippen molar-refractivity contribution in [2.24, 2.45) is 5.73 Å². The number of ether oxygens (including phenoxy) is 1. The van der Waals surface area contributed by atoms with E-state index in [1.807, 2.05) is 0 Å². The van der Waals surface area contributed by atoms with Gasteiger partial charge in [0, 0.05) is 12.5 Å². The van der Waals surface area contributed by atoms with Crippen molar-refractivity contribution in [3.63, 3.8) is 0 Å². The molecule has 15 heavy (non-hydrogen) atoms. The van der Waals surface area contributed by atoms with Crippen LogP contribution in [0.4, 0.5) is 0 Å². The number of methoxy groups -OCH3 is 1. The summed E-state index contributed by atoms with van der Waals surface area (Å²) in [6.45, 7) is 6.46. The Hall–Kier alpha value is -2.20. The number of nitrogens with one attached hydrogen (secondary N) is 1. The Morgan fingerprint density at radius 3 is 1.93 bits per heavy atom. The van der Waals surface area contributed by atoms with Crippen LogP contribution in [0.2, 0.25) is 0 Å². The summed E-state index contributed by atoms with van der Waals surface area (Å²) in [7, 11) is 1.31. The number of esters is 1. The normalized spacial score (nSPS) is 6.20. The van der Waals surface area contributed by atoms with Crippen LogP contribution in [0, 0.1) is 5.41 Å². The van der Waals surface area contributed by atoms with Crippen LogP contribution >= 0.6 is 0 Å². The highest BCUT2D eigenvalue weighted by atomic mass is 16.5. The van der Waals surface area contributed by atoms with Crippen molar-refractivity contribution in [1.29, 1.82) is 5.41 Å². The van der Waals surface area contributed by atoms with E-state index in [0.29, 0.717) is 0 Å². The molecular formula is C9H14N2O4. The van der Waals surface area contributed by atoms with Gasteiger partial charge in [0.15, 0.2) is 0 Å². The van der Waals surface area contributed by atoms with E-state index in [2.05, 4.69) is 17.9 Å². The molecule has 0 aliphatic carbocycles. The smallest absolute Gasteiger partial charge is 0.329 e. The van der Waals surface area contributed by atoms with Crippen molar-refractivity contribution < 1.29 is 19.1 Å². The molecule has 0 fully saturated rings. The summed E-state index contributed by atoms with van der Waals surface area (Å²) >= 11 is 0. The number of hydrogen-bond donors (Lipinski definition) is 2. The second-order valence-corrected chi connectivity index (χ2v) is 1.79. The van der Waals surface area contributed by atoms with Crippen LogP contribution in [-0.4, -0.2) is 25.1 Å². The third-order valence-electron chi connectivity index (χ3n) is 0.713. The third-order valence-corrected chi connectivity index (χ3v) is 0.713. The fourth-order valence-corrected chi connectivity index (χ4v) is 0.226. The Kier molecular flexibility index (Phi) is 22.0. The SMILES string of the molecule is C=CC(=O)OC.C=CCC(N)=O.N=C=O.